The van der Waals surface area contributed by atoms with Crippen LogP contribution in [0.15, 0.2) is 54.6 Å². The van der Waals surface area contributed by atoms with Crippen molar-refractivity contribution in [3.63, 3.8) is 0 Å². The molecule has 7 rings (SSSR count). The van der Waals surface area contributed by atoms with Gasteiger partial charge in [0.05, 0.1) is 0 Å². The van der Waals surface area contributed by atoms with Gasteiger partial charge in [-0.2, -0.15) is 0 Å². The van der Waals surface area contributed by atoms with Crippen LogP contribution in [0.5, 0.6) is 5.75 Å². The van der Waals surface area contributed by atoms with Gasteiger partial charge in [-0.3, -0.25) is 9.59 Å². The predicted octanol–water partition coefficient (Wildman–Crippen LogP) is 5.42. The number of allylic oxidation sites excluding steroid dienone is 1. The Kier molecular flexibility index (Phi) is 7.48. The zero-order chi connectivity index (χ0) is 28.8. The summed E-state index contributed by atoms with van der Waals surface area (Å²) in [5, 5.41) is 2.99. The maximum atomic E-state index is 13.1. The molecule has 0 radical (unpaired) electrons. The Balaban J connectivity index is 1.06. The molecule has 9 heteroatoms. The molecule has 2 aromatic rings. The lowest BCUT2D eigenvalue weighted by Crippen LogP contribution is -2.72. The minimum absolute atomic E-state index is 0.0203. The minimum atomic E-state index is -0.875. The average molecular weight is 566 g/mol. The summed E-state index contributed by atoms with van der Waals surface area (Å²) < 4.78 is 31.5. The summed E-state index contributed by atoms with van der Waals surface area (Å²) in [7, 11) is 0. The third-order valence-electron chi connectivity index (χ3n) is 9.27. The van der Waals surface area contributed by atoms with Gasteiger partial charge in [0, 0.05) is 23.8 Å². The van der Waals surface area contributed by atoms with Crippen LogP contribution in [0.1, 0.15) is 62.4 Å². The molecule has 41 heavy (non-hydrogen) atoms. The van der Waals surface area contributed by atoms with Crippen molar-refractivity contribution in [1.82, 2.24) is 5.32 Å². The van der Waals surface area contributed by atoms with E-state index in [1.165, 1.54) is 18.2 Å². The highest BCUT2D eigenvalue weighted by Crippen LogP contribution is 2.60. The molecule has 8 atom stereocenters. The highest BCUT2D eigenvalue weighted by molar-refractivity contribution is 6.06. The second-order valence-electron chi connectivity index (χ2n) is 12.0. The van der Waals surface area contributed by atoms with E-state index >= 15 is 0 Å². The van der Waals surface area contributed by atoms with Gasteiger partial charge in [0.1, 0.15) is 17.8 Å². The molecular weight excluding hydrogens is 529 g/mol. The predicted molar refractivity (Wildman–Crippen MR) is 147 cm³/mol. The van der Waals surface area contributed by atoms with Gasteiger partial charge in [-0.25, -0.2) is 14.2 Å². The Morgan fingerprint density at radius 2 is 1.78 bits per heavy atom. The number of ether oxygens (including phenoxy) is 3. The molecule has 0 unspecified atom stereocenters. The maximum absolute atomic E-state index is 13.1. The Hall–Kier alpha value is -3.11. The number of hydrogen-bond acceptors (Lipinski definition) is 7. The van der Waals surface area contributed by atoms with Crippen LogP contribution >= 0.6 is 0 Å². The molecule has 218 valence electrons. The van der Waals surface area contributed by atoms with Gasteiger partial charge in [0.25, 0.3) is 5.91 Å². The highest BCUT2D eigenvalue weighted by atomic mass is 19.1. The van der Waals surface area contributed by atoms with Crippen molar-refractivity contribution in [1.29, 1.82) is 0 Å². The maximum Gasteiger partial charge on any atom is 0.259 e. The number of rotatable bonds is 7. The molecule has 1 amide bonds. The second-order valence-corrected chi connectivity index (χ2v) is 12.0. The molecule has 1 saturated carbocycles. The number of carbonyl (C=O) groups excluding carboxylic acids is 2. The van der Waals surface area contributed by atoms with Crippen LogP contribution in [0.3, 0.4) is 0 Å². The Morgan fingerprint density at radius 3 is 2.54 bits per heavy atom. The number of fused-ring (bicyclic) bond motifs is 2. The molecule has 2 aromatic carbocycles. The third kappa shape index (κ3) is 5.32. The first-order valence-electron chi connectivity index (χ1n) is 14.4. The van der Waals surface area contributed by atoms with E-state index in [1.54, 1.807) is 42.5 Å². The van der Waals surface area contributed by atoms with Crippen LogP contribution in [-0.2, 0) is 24.0 Å². The van der Waals surface area contributed by atoms with Crippen molar-refractivity contribution in [2.24, 2.45) is 23.7 Å². The first-order valence-corrected chi connectivity index (χ1v) is 14.4. The Bertz CT molecular complexity index is 1310. The van der Waals surface area contributed by atoms with Gasteiger partial charge in [-0.1, -0.05) is 32.1 Å². The molecule has 0 aromatic heterocycles. The van der Waals surface area contributed by atoms with Crippen molar-refractivity contribution in [3.05, 3.63) is 71.6 Å². The van der Waals surface area contributed by atoms with Crippen molar-refractivity contribution in [3.8, 4) is 5.75 Å². The second kappa shape index (κ2) is 10.9. The Morgan fingerprint density at radius 1 is 1.02 bits per heavy atom. The number of nitrogens with one attached hydrogen (secondary N) is 1. The fourth-order valence-corrected chi connectivity index (χ4v) is 6.98. The summed E-state index contributed by atoms with van der Waals surface area (Å²) >= 11 is 0. The van der Waals surface area contributed by atoms with E-state index in [0.717, 1.165) is 31.2 Å². The van der Waals surface area contributed by atoms with Gasteiger partial charge in [-0.05, 0) is 86.1 Å². The first kappa shape index (κ1) is 28.0. The Labute approximate surface area is 239 Å². The molecular formula is C32H36FNO7. The van der Waals surface area contributed by atoms with E-state index in [9.17, 15) is 14.0 Å². The fourth-order valence-electron chi connectivity index (χ4n) is 6.98. The summed E-state index contributed by atoms with van der Waals surface area (Å²) in [6, 6.07) is 12.4. The lowest BCUT2D eigenvalue weighted by molar-refractivity contribution is -0.571. The summed E-state index contributed by atoms with van der Waals surface area (Å²) in [5.41, 5.74) is 0.512. The number of benzene rings is 2. The van der Waals surface area contributed by atoms with Gasteiger partial charge < -0.3 is 19.5 Å². The largest absolute Gasteiger partial charge is 0.484 e. The van der Waals surface area contributed by atoms with E-state index in [1.807, 2.05) is 6.92 Å². The molecule has 1 aliphatic carbocycles. The number of halogens is 1. The molecule has 1 spiro atoms. The SMILES string of the molecule is C[C@H]1[C@H](NC(=O)COc2ccc(C(=O)/C=C/c3ccc(F)cc3)cc2)O[C@@H]2O[C@]3(C)CC[C@H]4[C@H](C)CC[C@@H]1[C@@]24OO3. The summed E-state index contributed by atoms with van der Waals surface area (Å²) in [6.07, 6.45) is 5.57. The minimum Gasteiger partial charge on any atom is -0.484 e. The zero-order valence-corrected chi connectivity index (χ0v) is 23.5. The summed E-state index contributed by atoms with van der Waals surface area (Å²) in [4.78, 5) is 37.4. The molecule has 4 saturated heterocycles. The van der Waals surface area contributed by atoms with Crippen LogP contribution in [0.2, 0.25) is 0 Å². The van der Waals surface area contributed by atoms with Crippen LogP contribution in [-0.4, -0.2) is 42.2 Å². The zero-order valence-electron chi connectivity index (χ0n) is 23.5. The van der Waals surface area contributed by atoms with Crippen LogP contribution in [0, 0.1) is 29.5 Å². The highest BCUT2D eigenvalue weighted by Gasteiger charge is 2.69. The van der Waals surface area contributed by atoms with Gasteiger partial charge >= 0.3 is 0 Å². The van der Waals surface area contributed by atoms with Crippen molar-refractivity contribution in [2.75, 3.05) is 6.61 Å². The van der Waals surface area contributed by atoms with Gasteiger partial charge in [0.2, 0.25) is 5.79 Å². The van der Waals surface area contributed by atoms with Crippen LogP contribution in [0.25, 0.3) is 6.08 Å². The number of ketones is 1. The molecule has 5 aliphatic rings. The van der Waals surface area contributed by atoms with Crippen molar-refractivity contribution >= 4 is 17.8 Å². The summed E-state index contributed by atoms with van der Waals surface area (Å²) in [6.45, 7) is 6.01. The smallest absolute Gasteiger partial charge is 0.259 e. The standard InChI is InChI=1S/C32H36FNO7/c1-19-4-14-26-20(2)29(38-30-32(26)25(19)16-17-31(3,39-30)40-41-32)34-28(36)18-37-24-12-8-22(9-13-24)27(35)15-7-21-5-10-23(33)11-6-21/h5-13,15,19-20,25-26,29-30H,4,14,16-18H2,1-3H3,(H,34,36)/b15-7+/t19-,20-,25+,26+,29-,30-,31+,32-/m1/s1. The van der Waals surface area contributed by atoms with Crippen LogP contribution < -0.4 is 10.1 Å². The van der Waals surface area contributed by atoms with Gasteiger partial charge in [-0.15, -0.1) is 0 Å². The van der Waals surface area contributed by atoms with E-state index in [2.05, 4.69) is 19.2 Å². The van der Waals surface area contributed by atoms with Crippen molar-refractivity contribution in [2.45, 2.75) is 70.4 Å². The summed E-state index contributed by atoms with van der Waals surface area (Å²) in [5.74, 6) is -0.451. The molecule has 1 N–H and O–H groups in total. The molecule has 5 fully saturated rings. The lowest BCUT2D eigenvalue weighted by atomic mass is 9.58. The average Bonchev–Trinajstić information content (AvgIpc) is 3.20. The molecule has 4 heterocycles. The van der Waals surface area contributed by atoms with Gasteiger partial charge in [0.15, 0.2) is 24.3 Å². The quantitative estimate of drug-likeness (QED) is 0.272. The van der Waals surface area contributed by atoms with E-state index < -0.39 is 23.9 Å². The number of hydrogen-bond donors (Lipinski definition) is 1. The van der Waals surface area contributed by atoms with E-state index in [4.69, 9.17) is 24.0 Å². The number of carbonyl (C=O) groups is 2. The lowest BCUT2D eigenvalue weighted by Gasteiger charge is -2.60. The van der Waals surface area contributed by atoms with Crippen LogP contribution in [0.4, 0.5) is 4.39 Å². The van der Waals surface area contributed by atoms with E-state index in [0.29, 0.717) is 17.2 Å². The van der Waals surface area contributed by atoms with E-state index in [-0.39, 0.29) is 41.9 Å². The third-order valence-corrected chi connectivity index (χ3v) is 9.27. The topological polar surface area (TPSA) is 92.3 Å². The fraction of sp³-hybridized carbons (Fsp3) is 0.500. The molecule has 2 bridgehead atoms. The monoisotopic (exact) mass is 565 g/mol. The molecule has 4 aliphatic heterocycles. The van der Waals surface area contributed by atoms with Crippen molar-refractivity contribution < 1.29 is 38.0 Å². The first-order chi connectivity index (χ1) is 19.7. The normalized spacial score (nSPS) is 35.9. The number of amides is 1. The molecule has 8 nitrogen and oxygen atoms in total.